The Bertz CT molecular complexity index is 890. The van der Waals surface area contributed by atoms with E-state index in [9.17, 15) is 9.59 Å². The molecular weight excluding hydrogens is 360 g/mol. The summed E-state index contributed by atoms with van der Waals surface area (Å²) in [7, 11) is 1.61. The lowest BCUT2D eigenvalue weighted by Gasteiger charge is -2.16. The van der Waals surface area contributed by atoms with Gasteiger partial charge in [-0.25, -0.2) is 0 Å². The van der Waals surface area contributed by atoms with Gasteiger partial charge in [0.1, 0.15) is 11.2 Å². The molecule has 1 fully saturated rings. The fourth-order valence-electron chi connectivity index (χ4n) is 3.18. The zero-order valence-corrected chi connectivity index (χ0v) is 15.6. The molecule has 0 saturated heterocycles. The molecule has 2 N–H and O–H groups in total. The molecule has 1 heterocycles. The van der Waals surface area contributed by atoms with Gasteiger partial charge in [-0.15, -0.1) is 0 Å². The van der Waals surface area contributed by atoms with Crippen molar-refractivity contribution in [1.82, 2.24) is 10.6 Å². The molecule has 0 bridgehead atoms. The third-order valence-corrected chi connectivity index (χ3v) is 5.12. The number of amides is 2. The summed E-state index contributed by atoms with van der Waals surface area (Å²) >= 11 is 0. The van der Waals surface area contributed by atoms with E-state index < -0.39 is 5.41 Å². The number of carbonyl (C=O) groups excluding carboxylic acids is 2. The van der Waals surface area contributed by atoms with Gasteiger partial charge in [0.25, 0.3) is 0 Å². The number of carbonyl (C=O) groups is 2. The minimum Gasteiger partial charge on any atom is -0.497 e. The third-order valence-electron chi connectivity index (χ3n) is 5.12. The fraction of sp³-hybridized carbons (Fsp3) is 0.333. The van der Waals surface area contributed by atoms with E-state index in [0.717, 1.165) is 16.9 Å². The molecule has 1 saturated carbocycles. The maximum atomic E-state index is 12.6. The number of methoxy groups -OCH3 is 1. The van der Waals surface area contributed by atoms with Crippen LogP contribution in [0.15, 0.2) is 42.5 Å². The Morgan fingerprint density at radius 1 is 0.929 bits per heavy atom. The standard InChI is InChI=1S/C21H22N2O5/c1-26-16-5-2-14(3-6-16)11-22-19(24)21(8-9-21)20(25)23-12-15-4-7-17-18(10-15)28-13-27-17/h2-7,10H,8-9,11-13H2,1H3,(H,22,24)(H,23,25). The van der Waals surface area contributed by atoms with Crippen LogP contribution in [0.2, 0.25) is 0 Å². The lowest BCUT2D eigenvalue weighted by Crippen LogP contribution is -2.42. The summed E-state index contributed by atoms with van der Waals surface area (Å²) < 4.78 is 15.8. The number of fused-ring (bicyclic) bond motifs is 1. The largest absolute Gasteiger partial charge is 0.497 e. The Hall–Kier alpha value is -3.22. The first-order valence-electron chi connectivity index (χ1n) is 9.19. The van der Waals surface area contributed by atoms with Crippen molar-refractivity contribution < 1.29 is 23.8 Å². The number of ether oxygens (including phenoxy) is 3. The highest BCUT2D eigenvalue weighted by molar-refractivity contribution is 6.07. The smallest absolute Gasteiger partial charge is 0.235 e. The second-order valence-corrected chi connectivity index (χ2v) is 6.98. The third kappa shape index (κ3) is 3.60. The van der Waals surface area contributed by atoms with Crippen molar-refractivity contribution in [1.29, 1.82) is 0 Å². The summed E-state index contributed by atoms with van der Waals surface area (Å²) in [5.74, 6) is 1.66. The van der Waals surface area contributed by atoms with E-state index in [2.05, 4.69) is 10.6 Å². The minimum absolute atomic E-state index is 0.211. The topological polar surface area (TPSA) is 85.9 Å². The molecule has 1 aliphatic heterocycles. The fourth-order valence-corrected chi connectivity index (χ4v) is 3.18. The van der Waals surface area contributed by atoms with Crippen molar-refractivity contribution in [3.63, 3.8) is 0 Å². The summed E-state index contributed by atoms with van der Waals surface area (Å²) in [6.45, 7) is 0.922. The monoisotopic (exact) mass is 382 g/mol. The van der Waals surface area contributed by atoms with E-state index in [4.69, 9.17) is 14.2 Å². The molecule has 28 heavy (non-hydrogen) atoms. The molecule has 0 spiro atoms. The van der Waals surface area contributed by atoms with Gasteiger partial charge < -0.3 is 24.8 Å². The average molecular weight is 382 g/mol. The molecule has 7 heteroatoms. The van der Waals surface area contributed by atoms with E-state index in [1.807, 2.05) is 42.5 Å². The molecule has 2 aromatic rings. The van der Waals surface area contributed by atoms with Crippen LogP contribution in [0.4, 0.5) is 0 Å². The van der Waals surface area contributed by atoms with Gasteiger partial charge in [-0.05, 0) is 48.2 Å². The normalized spacial score (nSPS) is 15.6. The summed E-state index contributed by atoms with van der Waals surface area (Å²) in [5.41, 5.74) is 0.890. The highest BCUT2D eigenvalue weighted by Gasteiger charge is 2.56. The number of hydrogen-bond acceptors (Lipinski definition) is 5. The summed E-state index contributed by atoms with van der Waals surface area (Å²) in [6, 6.07) is 13.0. The lowest BCUT2D eigenvalue weighted by atomic mass is 10.0. The Labute approximate surface area is 163 Å². The van der Waals surface area contributed by atoms with Gasteiger partial charge in [0.15, 0.2) is 11.5 Å². The predicted octanol–water partition coefficient (Wildman–Crippen LogP) is 2.14. The van der Waals surface area contributed by atoms with Gasteiger partial charge in [-0.3, -0.25) is 9.59 Å². The van der Waals surface area contributed by atoms with Crippen LogP contribution in [0, 0.1) is 5.41 Å². The molecule has 7 nitrogen and oxygen atoms in total. The SMILES string of the molecule is COc1ccc(CNC(=O)C2(C(=O)NCc3ccc4c(c3)OCO4)CC2)cc1. The van der Waals surface area contributed by atoms with E-state index in [1.165, 1.54) is 0 Å². The highest BCUT2D eigenvalue weighted by atomic mass is 16.7. The van der Waals surface area contributed by atoms with Crippen LogP contribution < -0.4 is 24.8 Å². The van der Waals surface area contributed by atoms with Crippen molar-refractivity contribution in [3.05, 3.63) is 53.6 Å². The molecule has 1 aliphatic carbocycles. The van der Waals surface area contributed by atoms with Crippen LogP contribution in [0.5, 0.6) is 17.2 Å². The highest BCUT2D eigenvalue weighted by Crippen LogP contribution is 2.46. The van der Waals surface area contributed by atoms with Crippen molar-refractivity contribution >= 4 is 11.8 Å². The van der Waals surface area contributed by atoms with Gasteiger partial charge in [0.05, 0.1) is 7.11 Å². The number of nitrogens with one attached hydrogen (secondary N) is 2. The van der Waals surface area contributed by atoms with Crippen molar-refractivity contribution in [2.75, 3.05) is 13.9 Å². The Kier molecular flexibility index (Phi) is 4.81. The van der Waals surface area contributed by atoms with Crippen molar-refractivity contribution in [2.45, 2.75) is 25.9 Å². The predicted molar refractivity (Wildman–Crippen MR) is 101 cm³/mol. The first-order chi connectivity index (χ1) is 13.6. The number of benzene rings is 2. The molecule has 0 atom stereocenters. The van der Waals surface area contributed by atoms with E-state index in [-0.39, 0.29) is 18.6 Å². The molecule has 2 aliphatic rings. The average Bonchev–Trinajstić information content (AvgIpc) is 3.42. The second kappa shape index (κ2) is 7.42. The van der Waals surface area contributed by atoms with Gasteiger partial charge >= 0.3 is 0 Å². The van der Waals surface area contributed by atoms with E-state index in [1.54, 1.807) is 7.11 Å². The van der Waals surface area contributed by atoms with Crippen LogP contribution in [-0.4, -0.2) is 25.7 Å². The molecule has 2 aromatic carbocycles. The molecule has 4 rings (SSSR count). The van der Waals surface area contributed by atoms with E-state index in [0.29, 0.717) is 37.4 Å². The maximum Gasteiger partial charge on any atom is 0.235 e. The second-order valence-electron chi connectivity index (χ2n) is 6.98. The first-order valence-corrected chi connectivity index (χ1v) is 9.19. The number of hydrogen-bond donors (Lipinski definition) is 2. The molecule has 0 radical (unpaired) electrons. The molecule has 0 aromatic heterocycles. The van der Waals surface area contributed by atoms with Crippen LogP contribution in [-0.2, 0) is 22.7 Å². The van der Waals surface area contributed by atoms with Gasteiger partial charge in [-0.1, -0.05) is 18.2 Å². The first kappa shape index (κ1) is 18.2. The van der Waals surface area contributed by atoms with Crippen LogP contribution in [0.25, 0.3) is 0 Å². The van der Waals surface area contributed by atoms with Crippen LogP contribution in [0.3, 0.4) is 0 Å². The Balaban J connectivity index is 1.31. The summed E-state index contributed by atoms with van der Waals surface area (Å²) in [5, 5.41) is 5.75. The van der Waals surface area contributed by atoms with Gasteiger partial charge in [0, 0.05) is 13.1 Å². The zero-order chi connectivity index (χ0) is 19.6. The van der Waals surface area contributed by atoms with Crippen LogP contribution in [0.1, 0.15) is 24.0 Å². The lowest BCUT2D eigenvalue weighted by molar-refractivity contribution is -0.137. The van der Waals surface area contributed by atoms with Gasteiger partial charge in [-0.2, -0.15) is 0 Å². The summed E-state index contributed by atoms with van der Waals surface area (Å²) in [6.07, 6.45) is 1.13. The zero-order valence-electron chi connectivity index (χ0n) is 15.6. The molecule has 146 valence electrons. The summed E-state index contributed by atoms with van der Waals surface area (Å²) in [4.78, 5) is 25.2. The van der Waals surface area contributed by atoms with Crippen LogP contribution >= 0.6 is 0 Å². The minimum atomic E-state index is -0.956. The molecule has 2 amide bonds. The van der Waals surface area contributed by atoms with Crippen molar-refractivity contribution in [3.8, 4) is 17.2 Å². The maximum absolute atomic E-state index is 12.6. The molecule has 0 unspecified atom stereocenters. The van der Waals surface area contributed by atoms with Crippen molar-refractivity contribution in [2.24, 2.45) is 5.41 Å². The Morgan fingerprint density at radius 3 is 2.18 bits per heavy atom. The van der Waals surface area contributed by atoms with Gasteiger partial charge in [0.2, 0.25) is 18.6 Å². The molecular formula is C21H22N2O5. The quantitative estimate of drug-likeness (QED) is 0.717. The number of rotatable bonds is 7. The van der Waals surface area contributed by atoms with E-state index >= 15 is 0 Å². The Morgan fingerprint density at radius 2 is 1.54 bits per heavy atom.